The molecule has 0 bridgehead atoms. The minimum absolute atomic E-state index is 0.548. The van der Waals surface area contributed by atoms with E-state index in [1.54, 1.807) is 7.11 Å². The van der Waals surface area contributed by atoms with Gasteiger partial charge in [0.15, 0.2) is 0 Å². The average molecular weight is 389 g/mol. The van der Waals surface area contributed by atoms with Crippen molar-refractivity contribution in [3.63, 3.8) is 0 Å². The molecule has 1 nitrogen and oxygen atoms in total. The van der Waals surface area contributed by atoms with E-state index in [0.717, 1.165) is 12.2 Å². The maximum absolute atomic E-state index is 5.28. The Morgan fingerprint density at radius 3 is 2.22 bits per heavy atom. The topological polar surface area (TPSA) is 9.23 Å². The molecule has 23 heavy (non-hydrogen) atoms. The second-order valence-corrected chi connectivity index (χ2v) is 14.1. The molecule has 0 heterocycles. The molecule has 0 fully saturated rings. The minimum atomic E-state index is -1.24. The predicted octanol–water partition coefficient (Wildman–Crippen LogP) is 4.79. The van der Waals surface area contributed by atoms with Crippen LogP contribution >= 0.6 is 0 Å². The summed E-state index contributed by atoms with van der Waals surface area (Å²) in [5, 5.41) is 1.25. The number of methoxy groups -OCH3 is 1. The molecular weight excluding hydrogens is 363 g/mol. The van der Waals surface area contributed by atoms with Crippen molar-refractivity contribution in [2.45, 2.75) is 31.4 Å². The van der Waals surface area contributed by atoms with Crippen LogP contribution in [0.4, 0.5) is 0 Å². The molecule has 0 aromatic heterocycles. The summed E-state index contributed by atoms with van der Waals surface area (Å²) in [4.78, 5) is 0. The van der Waals surface area contributed by atoms with E-state index in [0.29, 0.717) is 15.0 Å². The second kappa shape index (κ2) is 8.54. The number of ether oxygens (including phenoxy) is 1. The third-order valence-electron chi connectivity index (χ3n) is 3.45. The first-order valence-corrected chi connectivity index (χ1v) is 13.7. The number of hydrogen-bond donors (Lipinski definition) is 0. The Hall–Kier alpha value is -1.28. The summed E-state index contributed by atoms with van der Waals surface area (Å²) in [5.41, 5.74) is 5.40. The van der Waals surface area contributed by atoms with Crippen molar-refractivity contribution in [3.05, 3.63) is 65.9 Å². The van der Waals surface area contributed by atoms with Crippen LogP contribution in [0.3, 0.4) is 0 Å². The zero-order valence-corrected chi connectivity index (χ0v) is 17.2. The molecule has 0 radical (unpaired) electrons. The van der Waals surface area contributed by atoms with Crippen molar-refractivity contribution in [3.8, 4) is 5.75 Å². The van der Waals surface area contributed by atoms with Crippen LogP contribution in [-0.4, -0.2) is 30.1 Å². The van der Waals surface area contributed by atoms with Gasteiger partial charge >= 0.3 is 148 Å². The third kappa shape index (κ3) is 6.38. The fourth-order valence-corrected chi connectivity index (χ4v) is 5.68. The van der Waals surface area contributed by atoms with E-state index in [1.807, 2.05) is 0 Å². The standard InChI is InChI=1S/C20H26OSeSi/c1-21-19-12-10-17(11-13-19)18(16-23(2,3)4)14-15-22-20-8-6-5-7-9-20/h5-13,16H,14-15H2,1-4H3/b18-16-. The molecule has 0 N–H and O–H groups in total. The Bertz CT molecular complexity index is 627. The SMILES string of the molecule is COc1ccc(/C(=C\[Si](C)(C)C)CC[Se]c2ccccc2)cc1. The van der Waals surface area contributed by atoms with Gasteiger partial charge in [-0.15, -0.1) is 0 Å². The average Bonchev–Trinajstić information content (AvgIpc) is 2.54. The Labute approximate surface area is 147 Å². The molecule has 0 saturated heterocycles. The first kappa shape index (κ1) is 18.1. The normalized spacial score (nSPS) is 12.3. The van der Waals surface area contributed by atoms with Crippen LogP contribution in [0.1, 0.15) is 12.0 Å². The zero-order chi connectivity index (χ0) is 16.7. The van der Waals surface area contributed by atoms with Gasteiger partial charge in [0, 0.05) is 0 Å². The van der Waals surface area contributed by atoms with Crippen LogP contribution < -0.4 is 9.20 Å². The number of benzene rings is 2. The second-order valence-electron chi connectivity index (χ2n) is 6.68. The fourth-order valence-electron chi connectivity index (χ4n) is 2.42. The molecule has 0 saturated carbocycles. The van der Waals surface area contributed by atoms with Crippen LogP contribution in [0.2, 0.25) is 25.0 Å². The molecule has 0 aliphatic carbocycles. The predicted molar refractivity (Wildman–Crippen MR) is 106 cm³/mol. The van der Waals surface area contributed by atoms with Gasteiger partial charge in [-0.2, -0.15) is 0 Å². The van der Waals surface area contributed by atoms with E-state index in [2.05, 4.69) is 79.9 Å². The molecule has 0 unspecified atom stereocenters. The molecule has 2 rings (SSSR count). The van der Waals surface area contributed by atoms with Gasteiger partial charge in [0.25, 0.3) is 0 Å². The van der Waals surface area contributed by atoms with Crippen molar-refractivity contribution >= 4 is 33.1 Å². The summed E-state index contributed by atoms with van der Waals surface area (Å²) in [7, 11) is 0.478. The van der Waals surface area contributed by atoms with Crippen LogP contribution in [0.5, 0.6) is 5.75 Å². The fraction of sp³-hybridized carbons (Fsp3) is 0.300. The third-order valence-corrected chi connectivity index (χ3v) is 6.79. The van der Waals surface area contributed by atoms with Crippen LogP contribution in [0, 0.1) is 0 Å². The summed E-state index contributed by atoms with van der Waals surface area (Å²) < 4.78 is 6.77. The first-order chi connectivity index (χ1) is 11.0. The van der Waals surface area contributed by atoms with Crippen LogP contribution in [-0.2, 0) is 0 Å². The van der Waals surface area contributed by atoms with Gasteiger partial charge in [0.1, 0.15) is 0 Å². The molecule has 3 heteroatoms. The van der Waals surface area contributed by atoms with E-state index in [1.165, 1.54) is 20.9 Å². The molecule has 0 atom stereocenters. The van der Waals surface area contributed by atoms with E-state index >= 15 is 0 Å². The van der Waals surface area contributed by atoms with Crippen LogP contribution in [0.25, 0.3) is 5.57 Å². The first-order valence-electron chi connectivity index (χ1n) is 8.02. The molecule has 0 aliphatic heterocycles. The zero-order valence-electron chi connectivity index (χ0n) is 14.5. The van der Waals surface area contributed by atoms with E-state index in [-0.39, 0.29) is 0 Å². The van der Waals surface area contributed by atoms with Gasteiger partial charge in [-0.25, -0.2) is 0 Å². The monoisotopic (exact) mass is 390 g/mol. The van der Waals surface area contributed by atoms with Crippen molar-refractivity contribution < 1.29 is 4.74 Å². The van der Waals surface area contributed by atoms with Gasteiger partial charge in [-0.1, -0.05) is 0 Å². The molecule has 0 amide bonds. The molecule has 122 valence electrons. The molecular formula is C20H26OSeSi. The van der Waals surface area contributed by atoms with Crippen molar-refractivity contribution in [1.82, 2.24) is 0 Å². The molecule has 0 aliphatic rings. The summed E-state index contributed by atoms with van der Waals surface area (Å²) in [5.74, 6) is 0.926. The van der Waals surface area contributed by atoms with Crippen LogP contribution in [0.15, 0.2) is 60.3 Å². The van der Waals surface area contributed by atoms with E-state index < -0.39 is 8.07 Å². The van der Waals surface area contributed by atoms with Gasteiger partial charge in [0.05, 0.1) is 0 Å². The van der Waals surface area contributed by atoms with Gasteiger partial charge in [-0.05, 0) is 0 Å². The Kier molecular flexibility index (Phi) is 6.70. The van der Waals surface area contributed by atoms with Gasteiger partial charge < -0.3 is 0 Å². The Balaban J connectivity index is 2.09. The maximum atomic E-state index is 5.28. The van der Waals surface area contributed by atoms with E-state index in [9.17, 15) is 0 Å². The summed E-state index contributed by atoms with van der Waals surface area (Å²) in [6, 6.07) is 19.4. The van der Waals surface area contributed by atoms with Crippen molar-refractivity contribution in [2.24, 2.45) is 0 Å². The summed E-state index contributed by atoms with van der Waals surface area (Å²) >= 11 is 0.548. The number of hydrogen-bond acceptors (Lipinski definition) is 1. The molecule has 2 aromatic rings. The summed E-state index contributed by atoms with van der Waals surface area (Å²) in [6.07, 6.45) is 1.16. The van der Waals surface area contributed by atoms with Crippen molar-refractivity contribution in [1.29, 1.82) is 0 Å². The molecule has 2 aromatic carbocycles. The van der Waals surface area contributed by atoms with Gasteiger partial charge in [0.2, 0.25) is 0 Å². The van der Waals surface area contributed by atoms with Crippen molar-refractivity contribution in [2.75, 3.05) is 7.11 Å². The van der Waals surface area contributed by atoms with E-state index in [4.69, 9.17) is 4.74 Å². The quantitative estimate of drug-likeness (QED) is 0.619. The Morgan fingerprint density at radius 1 is 1.00 bits per heavy atom. The summed E-state index contributed by atoms with van der Waals surface area (Å²) in [6.45, 7) is 7.20. The Morgan fingerprint density at radius 2 is 1.65 bits per heavy atom. The molecule has 0 spiro atoms. The number of rotatable bonds is 7. The van der Waals surface area contributed by atoms with Gasteiger partial charge in [-0.3, -0.25) is 0 Å². The number of allylic oxidation sites excluding steroid dienone is 1.